The molecule has 1 aromatic carbocycles. The van der Waals surface area contributed by atoms with Crippen LogP contribution in [-0.2, 0) is 9.84 Å². The summed E-state index contributed by atoms with van der Waals surface area (Å²) in [5.41, 5.74) is 5.21. The van der Waals surface area contributed by atoms with Gasteiger partial charge in [0.25, 0.3) is 0 Å². The van der Waals surface area contributed by atoms with E-state index in [9.17, 15) is 12.8 Å². The summed E-state index contributed by atoms with van der Waals surface area (Å²) >= 11 is 0. The largest absolute Gasteiger partial charge is 0.330 e. The lowest BCUT2D eigenvalue weighted by atomic mass is 10.4. The van der Waals surface area contributed by atoms with Gasteiger partial charge >= 0.3 is 0 Å². The zero-order valence-electron chi connectivity index (χ0n) is 7.61. The molecule has 0 unspecified atom stereocenters. The Hall–Kier alpha value is -0.940. The first-order chi connectivity index (χ1) is 6.56. The zero-order valence-corrected chi connectivity index (χ0v) is 8.43. The molecular weight excluding hydrogens is 205 g/mol. The maximum absolute atomic E-state index is 12.5. The second-order valence-corrected chi connectivity index (χ2v) is 5.02. The lowest BCUT2D eigenvalue weighted by Crippen LogP contribution is -2.11. The number of hydrogen-bond donors (Lipinski definition) is 1. The van der Waals surface area contributed by atoms with Gasteiger partial charge in [-0.25, -0.2) is 12.8 Å². The van der Waals surface area contributed by atoms with E-state index < -0.39 is 15.7 Å². The van der Waals surface area contributed by atoms with Crippen molar-refractivity contribution in [2.45, 2.75) is 11.3 Å². The second-order valence-electron chi connectivity index (χ2n) is 2.92. The fourth-order valence-electron chi connectivity index (χ4n) is 1.03. The minimum Gasteiger partial charge on any atom is -0.330 e. The van der Waals surface area contributed by atoms with E-state index in [0.717, 1.165) is 12.1 Å². The van der Waals surface area contributed by atoms with Crippen LogP contribution in [0.2, 0.25) is 0 Å². The Bertz CT molecular complexity index is 386. The number of hydrogen-bond acceptors (Lipinski definition) is 3. The molecule has 1 rings (SSSR count). The molecule has 0 aromatic heterocycles. The summed E-state index contributed by atoms with van der Waals surface area (Å²) in [6, 6.07) is 4.80. The standard InChI is InChI=1S/C9H12FNO2S/c10-8-2-4-9(5-3-8)14(12,13)7-1-6-11/h2-5H,1,6-7,11H2. The van der Waals surface area contributed by atoms with Crippen molar-refractivity contribution in [1.29, 1.82) is 0 Å². The first kappa shape index (κ1) is 11.1. The highest BCUT2D eigenvalue weighted by Crippen LogP contribution is 2.12. The SMILES string of the molecule is NCCCS(=O)(=O)c1ccc(F)cc1. The van der Waals surface area contributed by atoms with Crippen molar-refractivity contribution in [2.75, 3.05) is 12.3 Å². The third-order valence-corrected chi connectivity index (χ3v) is 3.61. The molecule has 0 amide bonds. The van der Waals surface area contributed by atoms with E-state index >= 15 is 0 Å². The molecule has 3 nitrogen and oxygen atoms in total. The van der Waals surface area contributed by atoms with Gasteiger partial charge in [0.05, 0.1) is 10.6 Å². The van der Waals surface area contributed by atoms with Crippen molar-refractivity contribution < 1.29 is 12.8 Å². The number of halogens is 1. The molecule has 0 heterocycles. The molecule has 0 aliphatic carbocycles. The Kier molecular flexibility index (Phi) is 3.60. The van der Waals surface area contributed by atoms with Gasteiger partial charge < -0.3 is 5.73 Å². The molecule has 1 aromatic rings. The summed E-state index contributed by atoms with van der Waals surface area (Å²) in [7, 11) is -3.29. The smallest absolute Gasteiger partial charge is 0.178 e. The van der Waals surface area contributed by atoms with E-state index in [4.69, 9.17) is 5.73 Å². The predicted octanol–water partition coefficient (Wildman–Crippen LogP) is 0.948. The Morgan fingerprint density at radius 3 is 2.29 bits per heavy atom. The van der Waals surface area contributed by atoms with Crippen molar-refractivity contribution in [2.24, 2.45) is 5.73 Å². The molecule has 0 aliphatic rings. The van der Waals surface area contributed by atoms with Crippen molar-refractivity contribution >= 4 is 9.84 Å². The first-order valence-electron chi connectivity index (χ1n) is 4.24. The first-order valence-corrected chi connectivity index (χ1v) is 5.90. The van der Waals surface area contributed by atoms with Crippen LogP contribution in [0.1, 0.15) is 6.42 Å². The van der Waals surface area contributed by atoms with Gasteiger partial charge in [-0.15, -0.1) is 0 Å². The Morgan fingerprint density at radius 2 is 1.79 bits per heavy atom. The topological polar surface area (TPSA) is 60.2 Å². The normalized spacial score (nSPS) is 11.6. The van der Waals surface area contributed by atoms with Gasteiger partial charge in [0.1, 0.15) is 5.82 Å². The van der Waals surface area contributed by atoms with Crippen molar-refractivity contribution in [3.8, 4) is 0 Å². The van der Waals surface area contributed by atoms with Crippen molar-refractivity contribution in [3.05, 3.63) is 30.1 Å². The molecule has 78 valence electrons. The maximum Gasteiger partial charge on any atom is 0.178 e. The molecule has 2 N–H and O–H groups in total. The van der Waals surface area contributed by atoms with Crippen LogP contribution in [0, 0.1) is 5.82 Å². The summed E-state index contributed by atoms with van der Waals surface area (Å²) in [6.45, 7) is 0.334. The molecule has 0 bridgehead atoms. The van der Waals surface area contributed by atoms with Gasteiger partial charge in [0.15, 0.2) is 9.84 Å². The van der Waals surface area contributed by atoms with Crippen LogP contribution >= 0.6 is 0 Å². The van der Waals surface area contributed by atoms with Crippen LogP contribution in [0.3, 0.4) is 0 Å². The van der Waals surface area contributed by atoms with E-state index in [0.29, 0.717) is 13.0 Å². The third kappa shape index (κ3) is 2.78. The van der Waals surface area contributed by atoms with E-state index in [2.05, 4.69) is 0 Å². The maximum atomic E-state index is 12.5. The van der Waals surface area contributed by atoms with Crippen molar-refractivity contribution in [3.63, 3.8) is 0 Å². The minimum absolute atomic E-state index is 0.00906. The van der Waals surface area contributed by atoms with Crippen LogP contribution in [0.15, 0.2) is 29.2 Å². The summed E-state index contributed by atoms with van der Waals surface area (Å²) in [4.78, 5) is 0.146. The molecular formula is C9H12FNO2S. The van der Waals surface area contributed by atoms with Crippen LogP contribution in [-0.4, -0.2) is 20.7 Å². The number of rotatable bonds is 4. The Labute approximate surface area is 82.7 Å². The number of benzene rings is 1. The van der Waals surface area contributed by atoms with Gasteiger partial charge in [-0.3, -0.25) is 0 Å². The monoisotopic (exact) mass is 217 g/mol. The van der Waals surface area contributed by atoms with Crippen LogP contribution in [0.5, 0.6) is 0 Å². The van der Waals surface area contributed by atoms with Gasteiger partial charge in [0, 0.05) is 0 Å². The Balaban J connectivity index is 2.87. The summed E-state index contributed by atoms with van der Waals surface area (Å²) < 4.78 is 35.6. The van der Waals surface area contributed by atoms with Gasteiger partial charge in [0.2, 0.25) is 0 Å². The average Bonchev–Trinajstić information content (AvgIpc) is 2.16. The van der Waals surface area contributed by atoms with Gasteiger partial charge in [-0.1, -0.05) is 0 Å². The molecule has 14 heavy (non-hydrogen) atoms. The quantitative estimate of drug-likeness (QED) is 0.764. The second kappa shape index (κ2) is 4.52. The van der Waals surface area contributed by atoms with Gasteiger partial charge in [-0.05, 0) is 37.2 Å². The highest BCUT2D eigenvalue weighted by atomic mass is 32.2. The molecule has 0 saturated heterocycles. The number of nitrogens with two attached hydrogens (primary N) is 1. The lowest BCUT2D eigenvalue weighted by molar-refractivity contribution is 0.592. The van der Waals surface area contributed by atoms with Crippen LogP contribution in [0.4, 0.5) is 4.39 Å². The third-order valence-electron chi connectivity index (χ3n) is 1.79. The molecule has 0 saturated carbocycles. The summed E-state index contributed by atoms with van der Waals surface area (Å²) in [5, 5.41) is 0. The Morgan fingerprint density at radius 1 is 1.21 bits per heavy atom. The minimum atomic E-state index is -3.29. The number of sulfone groups is 1. The highest BCUT2D eigenvalue weighted by Gasteiger charge is 2.12. The van der Waals surface area contributed by atoms with E-state index in [1.165, 1.54) is 12.1 Å². The van der Waals surface area contributed by atoms with Crippen molar-refractivity contribution in [1.82, 2.24) is 0 Å². The summed E-state index contributed by atoms with van der Waals surface area (Å²) in [5.74, 6) is -0.433. The highest BCUT2D eigenvalue weighted by molar-refractivity contribution is 7.91. The zero-order chi connectivity index (χ0) is 10.6. The molecule has 0 aliphatic heterocycles. The van der Waals surface area contributed by atoms with E-state index in [-0.39, 0.29) is 10.6 Å². The molecule has 0 atom stereocenters. The molecule has 0 radical (unpaired) electrons. The van der Waals surface area contributed by atoms with E-state index in [1.807, 2.05) is 0 Å². The van der Waals surface area contributed by atoms with Crippen LogP contribution in [0.25, 0.3) is 0 Å². The predicted molar refractivity (Wildman–Crippen MR) is 52.1 cm³/mol. The lowest BCUT2D eigenvalue weighted by Gasteiger charge is -2.02. The molecule has 0 spiro atoms. The van der Waals surface area contributed by atoms with Crippen LogP contribution < -0.4 is 5.73 Å². The molecule has 5 heteroatoms. The van der Waals surface area contributed by atoms with Gasteiger partial charge in [-0.2, -0.15) is 0 Å². The van der Waals surface area contributed by atoms with E-state index in [1.54, 1.807) is 0 Å². The summed E-state index contributed by atoms with van der Waals surface area (Å²) in [6.07, 6.45) is 0.416. The fraction of sp³-hybridized carbons (Fsp3) is 0.333. The fourth-order valence-corrected chi connectivity index (χ4v) is 2.37. The average molecular weight is 217 g/mol. The molecule has 0 fully saturated rings.